The van der Waals surface area contributed by atoms with Crippen LogP contribution < -0.4 is 15.0 Å². The number of carbonyl (C=O) groups is 1. The number of amides is 1. The number of anilines is 1. The maximum atomic E-state index is 13.1. The van der Waals surface area contributed by atoms with Gasteiger partial charge in [-0.15, -0.1) is 0 Å². The summed E-state index contributed by atoms with van der Waals surface area (Å²) in [6, 6.07) is 7.04. The Kier molecular flexibility index (Phi) is 6.39. The number of hydrogen-bond donors (Lipinski definition) is 1. The lowest BCUT2D eigenvalue weighted by atomic mass is 9.49. The second kappa shape index (κ2) is 9.16. The van der Waals surface area contributed by atoms with Gasteiger partial charge in [-0.3, -0.25) is 4.79 Å². The summed E-state index contributed by atoms with van der Waals surface area (Å²) in [6.07, 6.45) is 8.33. The minimum Gasteiger partial charge on any atom is -0.489 e. The van der Waals surface area contributed by atoms with Gasteiger partial charge in [0.15, 0.2) is 0 Å². The summed E-state index contributed by atoms with van der Waals surface area (Å²) in [7, 11) is 0. The van der Waals surface area contributed by atoms with Crippen LogP contribution in [0.1, 0.15) is 76.2 Å². The zero-order valence-electron chi connectivity index (χ0n) is 22.3. The van der Waals surface area contributed by atoms with E-state index < -0.39 is 0 Å². The van der Waals surface area contributed by atoms with Crippen molar-refractivity contribution in [1.29, 1.82) is 5.26 Å². The molecule has 7 nitrogen and oxygen atoms in total. The van der Waals surface area contributed by atoms with Crippen LogP contribution >= 0.6 is 11.6 Å². The standard InChI is InChI=1S/C29H36ClN5O2/c1-18-8-10-29(11-9-18)16-35(17-29)26-32-14-20(15-33-26)23(36)34-24-27(2,3)25(28(24,4)5)37-21-7-6-19(13-31)22(30)12-21/h6-7,12,14-15,18,24-25H,8-11,16-17H2,1-5H3,(H,34,36). The number of benzene rings is 1. The molecular weight excluding hydrogens is 486 g/mol. The number of aromatic nitrogens is 2. The third-order valence-corrected chi connectivity index (χ3v) is 9.31. The largest absolute Gasteiger partial charge is 0.489 e. The highest BCUT2D eigenvalue weighted by atomic mass is 35.5. The SMILES string of the molecule is CC1CCC2(CC1)CN(c1ncc(C(=O)NC3C(C)(C)C(Oc4ccc(C#N)c(Cl)c4)C3(C)C)cn1)C2. The first-order chi connectivity index (χ1) is 17.4. The summed E-state index contributed by atoms with van der Waals surface area (Å²) in [6.45, 7) is 12.7. The smallest absolute Gasteiger partial charge is 0.254 e. The van der Waals surface area contributed by atoms with E-state index in [1.165, 1.54) is 25.7 Å². The van der Waals surface area contributed by atoms with Gasteiger partial charge in [-0.25, -0.2) is 9.97 Å². The van der Waals surface area contributed by atoms with Crippen LogP contribution in [0.3, 0.4) is 0 Å². The van der Waals surface area contributed by atoms with Crippen LogP contribution in [0.15, 0.2) is 30.6 Å². The number of rotatable bonds is 5. The predicted molar refractivity (Wildman–Crippen MR) is 144 cm³/mol. The molecule has 0 unspecified atom stereocenters. The number of halogens is 1. The molecule has 1 aromatic heterocycles. The number of hydrogen-bond acceptors (Lipinski definition) is 6. The van der Waals surface area contributed by atoms with Gasteiger partial charge in [0.05, 0.1) is 16.1 Å². The van der Waals surface area contributed by atoms with Gasteiger partial charge in [0, 0.05) is 53.8 Å². The Morgan fingerprint density at radius 2 is 1.76 bits per heavy atom. The van der Waals surface area contributed by atoms with Crippen molar-refractivity contribution in [3.63, 3.8) is 0 Å². The van der Waals surface area contributed by atoms with E-state index in [0.29, 0.717) is 33.3 Å². The molecule has 2 aromatic rings. The molecule has 2 saturated carbocycles. The molecule has 1 aliphatic heterocycles. The van der Waals surface area contributed by atoms with Gasteiger partial charge >= 0.3 is 0 Å². The number of ether oxygens (including phenoxy) is 1. The zero-order chi connectivity index (χ0) is 26.6. The maximum Gasteiger partial charge on any atom is 0.254 e. The summed E-state index contributed by atoms with van der Waals surface area (Å²) in [4.78, 5) is 24.4. The van der Waals surface area contributed by atoms with Gasteiger partial charge in [0.25, 0.3) is 5.91 Å². The molecule has 0 bridgehead atoms. The third kappa shape index (κ3) is 4.54. The highest BCUT2D eigenvalue weighted by molar-refractivity contribution is 6.31. The lowest BCUT2D eigenvalue weighted by Gasteiger charge is -2.63. The summed E-state index contributed by atoms with van der Waals surface area (Å²) >= 11 is 6.19. The van der Waals surface area contributed by atoms with Crippen molar-refractivity contribution < 1.29 is 9.53 Å². The molecule has 5 rings (SSSR count). The fourth-order valence-electron chi connectivity index (χ4n) is 7.01. The van der Waals surface area contributed by atoms with Crippen molar-refractivity contribution in [3.8, 4) is 11.8 Å². The van der Waals surface area contributed by atoms with E-state index >= 15 is 0 Å². The van der Waals surface area contributed by atoms with Crippen LogP contribution in [0.25, 0.3) is 0 Å². The lowest BCUT2D eigenvalue weighted by molar-refractivity contribution is -0.164. The Bertz CT molecular complexity index is 1200. The van der Waals surface area contributed by atoms with Crippen LogP contribution in [0, 0.1) is 33.5 Å². The van der Waals surface area contributed by atoms with Gasteiger partial charge in [0.1, 0.15) is 17.9 Å². The van der Waals surface area contributed by atoms with Crippen LogP contribution in [0.2, 0.25) is 5.02 Å². The Morgan fingerprint density at radius 1 is 1.14 bits per heavy atom. The first-order valence-corrected chi connectivity index (χ1v) is 13.6. The van der Waals surface area contributed by atoms with E-state index in [-0.39, 0.29) is 28.9 Å². The second-order valence-corrected chi connectivity index (χ2v) is 13.0. The van der Waals surface area contributed by atoms with E-state index in [1.54, 1.807) is 30.6 Å². The summed E-state index contributed by atoms with van der Waals surface area (Å²) in [5.41, 5.74) is 0.653. The van der Waals surface area contributed by atoms with Crippen molar-refractivity contribution in [3.05, 3.63) is 46.7 Å². The molecule has 1 aromatic carbocycles. The monoisotopic (exact) mass is 521 g/mol. The van der Waals surface area contributed by atoms with Gasteiger partial charge < -0.3 is 15.0 Å². The molecule has 2 heterocycles. The minimum absolute atomic E-state index is 0.116. The first-order valence-electron chi connectivity index (χ1n) is 13.2. The quantitative estimate of drug-likeness (QED) is 0.548. The Morgan fingerprint density at radius 3 is 2.32 bits per heavy atom. The second-order valence-electron chi connectivity index (χ2n) is 12.6. The normalized spacial score (nSPS) is 25.5. The van der Waals surface area contributed by atoms with Crippen LogP contribution in [-0.2, 0) is 0 Å². The van der Waals surface area contributed by atoms with Crippen molar-refractivity contribution >= 4 is 23.5 Å². The summed E-state index contributed by atoms with van der Waals surface area (Å²) in [5.74, 6) is 1.98. The van der Waals surface area contributed by atoms with E-state index in [0.717, 1.165) is 19.0 Å². The van der Waals surface area contributed by atoms with Gasteiger partial charge in [0.2, 0.25) is 5.95 Å². The third-order valence-electron chi connectivity index (χ3n) is 9.00. The molecule has 1 N–H and O–H groups in total. The minimum atomic E-state index is -0.330. The maximum absolute atomic E-state index is 13.1. The van der Waals surface area contributed by atoms with Crippen LogP contribution in [0.5, 0.6) is 5.75 Å². The molecule has 1 amide bonds. The van der Waals surface area contributed by atoms with E-state index in [1.807, 2.05) is 0 Å². The molecule has 37 heavy (non-hydrogen) atoms. The van der Waals surface area contributed by atoms with E-state index in [9.17, 15) is 4.79 Å². The molecule has 3 aliphatic rings. The molecule has 2 aliphatic carbocycles. The molecule has 196 valence electrons. The molecular formula is C29H36ClN5O2. The van der Waals surface area contributed by atoms with Gasteiger partial charge in [-0.1, -0.05) is 59.1 Å². The van der Waals surface area contributed by atoms with Crippen LogP contribution in [0.4, 0.5) is 5.95 Å². The topological polar surface area (TPSA) is 91.1 Å². The fraction of sp³-hybridized carbons (Fsp3) is 0.586. The fourth-order valence-corrected chi connectivity index (χ4v) is 7.22. The summed E-state index contributed by atoms with van der Waals surface area (Å²) < 4.78 is 6.32. The van der Waals surface area contributed by atoms with Crippen molar-refractivity contribution in [2.45, 2.75) is 72.4 Å². The molecule has 1 saturated heterocycles. The van der Waals surface area contributed by atoms with Crippen molar-refractivity contribution in [1.82, 2.24) is 15.3 Å². The number of nitrogens with zero attached hydrogens (tertiary/aromatic N) is 4. The molecule has 8 heteroatoms. The molecule has 0 radical (unpaired) electrons. The lowest BCUT2D eigenvalue weighted by Crippen LogP contribution is -2.74. The Hall–Kier alpha value is -2.85. The Balaban J connectivity index is 1.20. The summed E-state index contributed by atoms with van der Waals surface area (Å²) in [5, 5.41) is 12.7. The molecule has 1 spiro atoms. The Labute approximate surface area is 224 Å². The zero-order valence-corrected chi connectivity index (χ0v) is 23.1. The number of nitriles is 1. The van der Waals surface area contributed by atoms with Crippen LogP contribution in [-0.4, -0.2) is 41.1 Å². The highest BCUT2D eigenvalue weighted by Gasteiger charge is 2.64. The number of nitrogens with one attached hydrogen (secondary N) is 1. The van der Waals surface area contributed by atoms with Gasteiger partial charge in [-0.05, 0) is 30.9 Å². The van der Waals surface area contributed by atoms with E-state index in [2.05, 4.69) is 60.9 Å². The number of carbonyl (C=O) groups excluding carboxylic acids is 1. The van der Waals surface area contributed by atoms with E-state index in [4.69, 9.17) is 21.6 Å². The average molecular weight is 522 g/mol. The average Bonchev–Trinajstić information content (AvgIpc) is 2.85. The predicted octanol–water partition coefficient (Wildman–Crippen LogP) is 5.63. The highest BCUT2D eigenvalue weighted by Crippen LogP contribution is 2.55. The molecule has 3 fully saturated rings. The van der Waals surface area contributed by atoms with Crippen molar-refractivity contribution in [2.24, 2.45) is 22.2 Å². The van der Waals surface area contributed by atoms with Crippen molar-refractivity contribution in [2.75, 3.05) is 18.0 Å². The molecule has 0 atom stereocenters. The van der Waals surface area contributed by atoms with Gasteiger partial charge in [-0.2, -0.15) is 5.26 Å². The first kappa shape index (κ1) is 25.8.